The molecule has 2 nitrogen and oxygen atoms in total. The molecule has 20 heavy (non-hydrogen) atoms. The predicted molar refractivity (Wildman–Crippen MR) is 86.5 cm³/mol. The summed E-state index contributed by atoms with van der Waals surface area (Å²) >= 11 is 2.00. The largest absolute Gasteiger partial charge is 0.315 e. The second-order valence-electron chi connectivity index (χ2n) is 6.67. The van der Waals surface area contributed by atoms with E-state index in [0.717, 1.165) is 24.3 Å². The van der Waals surface area contributed by atoms with Gasteiger partial charge in [-0.2, -0.15) is 0 Å². The highest BCUT2D eigenvalue weighted by atomic mass is 32.1. The van der Waals surface area contributed by atoms with E-state index in [-0.39, 0.29) is 0 Å². The van der Waals surface area contributed by atoms with Gasteiger partial charge < -0.3 is 5.32 Å². The van der Waals surface area contributed by atoms with Gasteiger partial charge in [0, 0.05) is 23.3 Å². The Morgan fingerprint density at radius 3 is 2.40 bits per heavy atom. The summed E-state index contributed by atoms with van der Waals surface area (Å²) in [6, 6.07) is 0. The first kappa shape index (κ1) is 14.5. The van der Waals surface area contributed by atoms with Crippen LogP contribution in [0.1, 0.15) is 85.7 Å². The molecule has 0 unspecified atom stereocenters. The van der Waals surface area contributed by atoms with Crippen LogP contribution in [0.2, 0.25) is 0 Å². The molecule has 0 atom stereocenters. The molecule has 3 heteroatoms. The Hall–Kier alpha value is -0.410. The lowest BCUT2D eigenvalue weighted by molar-refractivity contribution is 0.308. The van der Waals surface area contributed by atoms with Crippen molar-refractivity contribution in [3.8, 4) is 0 Å². The minimum atomic E-state index is 0.760. The van der Waals surface area contributed by atoms with Gasteiger partial charge in [-0.15, -0.1) is 11.3 Å². The summed E-state index contributed by atoms with van der Waals surface area (Å²) in [6.45, 7) is 3.33. The zero-order valence-corrected chi connectivity index (χ0v) is 13.8. The zero-order valence-electron chi connectivity index (χ0n) is 13.0. The number of hydrogen-bond acceptors (Lipinski definition) is 3. The van der Waals surface area contributed by atoms with Crippen LogP contribution in [0.25, 0.3) is 0 Å². The van der Waals surface area contributed by atoms with Gasteiger partial charge in [-0.1, -0.05) is 19.8 Å². The molecule has 0 radical (unpaired) electrons. The van der Waals surface area contributed by atoms with E-state index in [1.54, 1.807) is 0 Å². The second kappa shape index (κ2) is 6.57. The summed E-state index contributed by atoms with van der Waals surface area (Å²) in [4.78, 5) is 6.58. The summed E-state index contributed by atoms with van der Waals surface area (Å²) < 4.78 is 0. The third kappa shape index (κ3) is 3.25. The highest BCUT2D eigenvalue weighted by Gasteiger charge is 2.31. The Bertz CT molecular complexity index is 428. The van der Waals surface area contributed by atoms with E-state index in [1.807, 2.05) is 18.4 Å². The van der Waals surface area contributed by atoms with Gasteiger partial charge in [0.05, 0.1) is 10.7 Å². The average molecular weight is 292 g/mol. The van der Waals surface area contributed by atoms with E-state index in [2.05, 4.69) is 12.2 Å². The fourth-order valence-corrected chi connectivity index (χ4v) is 4.96. The molecule has 0 aromatic carbocycles. The molecule has 0 amide bonds. The lowest BCUT2D eigenvalue weighted by atomic mass is 9.80. The van der Waals surface area contributed by atoms with Crippen molar-refractivity contribution in [1.29, 1.82) is 0 Å². The minimum Gasteiger partial charge on any atom is -0.315 e. The topological polar surface area (TPSA) is 24.9 Å². The van der Waals surface area contributed by atoms with Gasteiger partial charge in [-0.25, -0.2) is 4.98 Å². The molecule has 1 aromatic rings. The second-order valence-corrected chi connectivity index (χ2v) is 7.79. The molecule has 1 aromatic heterocycles. The van der Waals surface area contributed by atoms with E-state index < -0.39 is 0 Å². The van der Waals surface area contributed by atoms with Gasteiger partial charge in [0.25, 0.3) is 0 Å². The highest BCUT2D eigenvalue weighted by molar-refractivity contribution is 7.11. The lowest BCUT2D eigenvalue weighted by Crippen LogP contribution is -2.13. The average Bonchev–Trinajstić information content (AvgIpc) is 3.22. The molecule has 0 saturated heterocycles. The third-order valence-corrected chi connectivity index (χ3v) is 6.17. The van der Waals surface area contributed by atoms with Crippen LogP contribution < -0.4 is 5.32 Å². The molecule has 1 N–H and O–H groups in total. The number of rotatable bonds is 6. The van der Waals surface area contributed by atoms with Crippen molar-refractivity contribution in [2.24, 2.45) is 5.92 Å². The summed E-state index contributed by atoms with van der Waals surface area (Å²) in [7, 11) is 2.05. The standard InChI is InChI=1S/C17H28N2S/c1-3-4-12-5-7-14(8-6-12)17-19-16(13-9-10-13)15(20-17)11-18-2/h12-14,18H,3-11H2,1-2H3. The van der Waals surface area contributed by atoms with Crippen LogP contribution in [-0.2, 0) is 6.54 Å². The van der Waals surface area contributed by atoms with Crippen LogP contribution >= 0.6 is 11.3 Å². The van der Waals surface area contributed by atoms with Crippen LogP contribution in [0.15, 0.2) is 0 Å². The SMILES string of the molecule is CCCC1CCC(c2nc(C3CC3)c(CNC)s2)CC1. The smallest absolute Gasteiger partial charge is 0.0962 e. The van der Waals surface area contributed by atoms with Crippen LogP contribution in [0.4, 0.5) is 0 Å². The lowest BCUT2D eigenvalue weighted by Gasteiger charge is -2.27. The predicted octanol–water partition coefficient (Wildman–Crippen LogP) is 4.81. The Balaban J connectivity index is 1.66. The number of aromatic nitrogens is 1. The molecular weight excluding hydrogens is 264 g/mol. The molecule has 0 spiro atoms. The Kier molecular flexibility index (Phi) is 4.77. The summed E-state index contributed by atoms with van der Waals surface area (Å²) in [5.41, 5.74) is 1.44. The van der Waals surface area contributed by atoms with Gasteiger partial charge in [0.15, 0.2) is 0 Å². The first-order valence-corrected chi connectivity index (χ1v) is 9.27. The van der Waals surface area contributed by atoms with Crippen LogP contribution in [-0.4, -0.2) is 12.0 Å². The molecule has 3 rings (SSSR count). The molecule has 0 aliphatic heterocycles. The summed E-state index contributed by atoms with van der Waals surface area (Å²) in [5, 5.41) is 4.77. The first-order valence-electron chi connectivity index (χ1n) is 8.45. The van der Waals surface area contributed by atoms with Crippen molar-refractivity contribution in [3.05, 3.63) is 15.6 Å². The van der Waals surface area contributed by atoms with Gasteiger partial charge in [-0.05, 0) is 51.5 Å². The third-order valence-electron chi connectivity index (χ3n) is 4.94. The van der Waals surface area contributed by atoms with Gasteiger partial charge in [0.2, 0.25) is 0 Å². The Morgan fingerprint density at radius 2 is 1.80 bits per heavy atom. The number of nitrogens with one attached hydrogen (secondary N) is 1. The monoisotopic (exact) mass is 292 g/mol. The number of nitrogens with zero attached hydrogens (tertiary/aromatic N) is 1. The van der Waals surface area contributed by atoms with Gasteiger partial charge >= 0.3 is 0 Å². The van der Waals surface area contributed by atoms with Crippen molar-refractivity contribution in [2.75, 3.05) is 7.05 Å². The van der Waals surface area contributed by atoms with E-state index in [1.165, 1.54) is 66.9 Å². The summed E-state index contributed by atoms with van der Waals surface area (Å²) in [5.74, 6) is 2.55. The maximum Gasteiger partial charge on any atom is 0.0962 e. The maximum absolute atomic E-state index is 5.06. The Labute approximate surface area is 127 Å². The molecule has 2 saturated carbocycles. The highest BCUT2D eigenvalue weighted by Crippen LogP contribution is 2.45. The van der Waals surface area contributed by atoms with E-state index in [4.69, 9.17) is 4.98 Å². The first-order chi connectivity index (χ1) is 9.81. The minimum absolute atomic E-state index is 0.760. The fraction of sp³-hybridized carbons (Fsp3) is 0.824. The molecular formula is C17H28N2S. The quantitative estimate of drug-likeness (QED) is 0.813. The zero-order chi connectivity index (χ0) is 13.9. The molecule has 2 aliphatic rings. The van der Waals surface area contributed by atoms with Crippen LogP contribution in [0.3, 0.4) is 0 Å². The molecule has 0 bridgehead atoms. The van der Waals surface area contributed by atoms with Crippen molar-refractivity contribution >= 4 is 11.3 Å². The van der Waals surface area contributed by atoms with Crippen molar-refractivity contribution < 1.29 is 0 Å². The van der Waals surface area contributed by atoms with Crippen LogP contribution in [0.5, 0.6) is 0 Å². The summed E-state index contributed by atoms with van der Waals surface area (Å²) in [6.07, 6.45) is 11.1. The fourth-order valence-electron chi connectivity index (χ4n) is 3.63. The number of thiazole rings is 1. The molecule has 2 fully saturated rings. The Morgan fingerprint density at radius 1 is 1.10 bits per heavy atom. The molecule has 2 aliphatic carbocycles. The van der Waals surface area contributed by atoms with Crippen LogP contribution in [0, 0.1) is 5.92 Å². The van der Waals surface area contributed by atoms with Crippen molar-refractivity contribution in [1.82, 2.24) is 10.3 Å². The molecule has 112 valence electrons. The number of hydrogen-bond donors (Lipinski definition) is 1. The van der Waals surface area contributed by atoms with E-state index >= 15 is 0 Å². The van der Waals surface area contributed by atoms with Gasteiger partial charge in [-0.3, -0.25) is 0 Å². The van der Waals surface area contributed by atoms with Crippen molar-refractivity contribution in [3.63, 3.8) is 0 Å². The molecule has 1 heterocycles. The van der Waals surface area contributed by atoms with Crippen molar-refractivity contribution in [2.45, 2.75) is 76.7 Å². The van der Waals surface area contributed by atoms with E-state index in [9.17, 15) is 0 Å². The van der Waals surface area contributed by atoms with Gasteiger partial charge in [0.1, 0.15) is 0 Å². The maximum atomic E-state index is 5.06. The van der Waals surface area contributed by atoms with E-state index in [0.29, 0.717) is 0 Å². The normalized spacial score (nSPS) is 26.9.